The summed E-state index contributed by atoms with van der Waals surface area (Å²) >= 11 is 0. The highest BCUT2D eigenvalue weighted by atomic mass is 32.2. The van der Waals surface area contributed by atoms with Crippen molar-refractivity contribution in [2.45, 2.75) is 24.9 Å². The Morgan fingerprint density at radius 2 is 1.62 bits per heavy atom. The van der Waals surface area contributed by atoms with Crippen LogP contribution in [0.3, 0.4) is 0 Å². The molecule has 0 bridgehead atoms. The molecule has 8 heteroatoms. The first-order valence-electron chi connectivity index (χ1n) is 11.2. The number of aryl methyl sites for hydroxylation is 1. The third kappa shape index (κ3) is 6.44. The highest BCUT2D eigenvalue weighted by Crippen LogP contribution is 2.18. The fourth-order valence-corrected chi connectivity index (χ4v) is 4.77. The van der Waals surface area contributed by atoms with Crippen LogP contribution in [0.5, 0.6) is 0 Å². The van der Waals surface area contributed by atoms with Gasteiger partial charge in [0, 0.05) is 37.4 Å². The van der Waals surface area contributed by atoms with E-state index in [-0.39, 0.29) is 10.8 Å². The van der Waals surface area contributed by atoms with Crippen molar-refractivity contribution in [1.82, 2.24) is 10.2 Å². The van der Waals surface area contributed by atoms with E-state index in [0.29, 0.717) is 17.8 Å². The summed E-state index contributed by atoms with van der Waals surface area (Å²) in [6.07, 6.45) is 0. The van der Waals surface area contributed by atoms with Crippen molar-refractivity contribution in [2.24, 2.45) is 0 Å². The molecule has 0 spiro atoms. The topological polar surface area (TPSA) is 87.7 Å². The number of ether oxygens (including phenoxy) is 1. The molecule has 1 aliphatic heterocycles. The van der Waals surface area contributed by atoms with E-state index < -0.39 is 10.0 Å². The van der Waals surface area contributed by atoms with E-state index in [0.717, 1.165) is 44.0 Å². The quantitative estimate of drug-likeness (QED) is 0.516. The first-order chi connectivity index (χ1) is 16.4. The average molecular weight is 480 g/mol. The molecule has 3 aromatic rings. The van der Waals surface area contributed by atoms with Gasteiger partial charge in [-0.2, -0.15) is 0 Å². The number of sulfonamides is 1. The van der Waals surface area contributed by atoms with Gasteiger partial charge in [0.25, 0.3) is 15.9 Å². The van der Waals surface area contributed by atoms with Gasteiger partial charge in [-0.1, -0.05) is 48.0 Å². The van der Waals surface area contributed by atoms with Gasteiger partial charge in [0.05, 0.1) is 18.1 Å². The maximum absolute atomic E-state index is 12.7. The van der Waals surface area contributed by atoms with Crippen molar-refractivity contribution >= 4 is 21.6 Å². The zero-order chi connectivity index (χ0) is 24.0. The third-order valence-corrected chi connectivity index (χ3v) is 7.09. The molecule has 1 fully saturated rings. The number of rotatable bonds is 8. The van der Waals surface area contributed by atoms with Crippen LogP contribution in [0, 0.1) is 6.92 Å². The number of morpholine rings is 1. The molecule has 1 aliphatic rings. The Kier molecular flexibility index (Phi) is 7.62. The van der Waals surface area contributed by atoms with E-state index >= 15 is 0 Å². The van der Waals surface area contributed by atoms with Gasteiger partial charge in [-0.05, 0) is 48.4 Å². The Hall–Kier alpha value is -3.20. The second-order valence-electron chi connectivity index (χ2n) is 8.39. The van der Waals surface area contributed by atoms with Crippen LogP contribution < -0.4 is 10.0 Å². The van der Waals surface area contributed by atoms with Crippen LogP contribution in [0.25, 0.3) is 0 Å². The third-order valence-electron chi connectivity index (χ3n) is 5.69. The molecule has 2 N–H and O–H groups in total. The Balaban J connectivity index is 1.33. The Labute approximate surface area is 200 Å². The maximum atomic E-state index is 12.7. The zero-order valence-corrected chi connectivity index (χ0v) is 20.0. The summed E-state index contributed by atoms with van der Waals surface area (Å²) in [5.74, 6) is -0.270. The van der Waals surface area contributed by atoms with E-state index in [2.05, 4.69) is 27.1 Å². The lowest BCUT2D eigenvalue weighted by Gasteiger charge is -2.26. The predicted octanol–water partition coefficient (Wildman–Crippen LogP) is 3.56. The van der Waals surface area contributed by atoms with Crippen LogP contribution in [0.15, 0.2) is 77.7 Å². The molecule has 0 atom stereocenters. The SMILES string of the molecule is Cc1ccc(S(=O)(=O)Nc2cccc(C(=O)NCc3ccc(CN4CCOCC4)cc3)c2)cc1. The molecule has 1 saturated heterocycles. The van der Waals surface area contributed by atoms with Crippen molar-refractivity contribution in [3.05, 3.63) is 95.1 Å². The fraction of sp³-hybridized carbons (Fsp3) is 0.269. The predicted molar refractivity (Wildman–Crippen MR) is 132 cm³/mol. The van der Waals surface area contributed by atoms with Gasteiger partial charge in [-0.15, -0.1) is 0 Å². The van der Waals surface area contributed by atoms with Crippen LogP contribution in [0.2, 0.25) is 0 Å². The average Bonchev–Trinajstić information content (AvgIpc) is 2.84. The Morgan fingerprint density at radius 1 is 0.941 bits per heavy atom. The van der Waals surface area contributed by atoms with Crippen molar-refractivity contribution in [1.29, 1.82) is 0 Å². The molecule has 3 aromatic carbocycles. The molecular weight excluding hydrogens is 450 g/mol. The van der Waals surface area contributed by atoms with Crippen molar-refractivity contribution in [2.75, 3.05) is 31.0 Å². The molecule has 0 unspecified atom stereocenters. The first kappa shape index (κ1) is 23.9. The largest absolute Gasteiger partial charge is 0.379 e. The van der Waals surface area contributed by atoms with E-state index in [9.17, 15) is 13.2 Å². The Morgan fingerprint density at radius 3 is 2.32 bits per heavy atom. The molecule has 34 heavy (non-hydrogen) atoms. The smallest absolute Gasteiger partial charge is 0.261 e. The number of nitrogens with one attached hydrogen (secondary N) is 2. The molecule has 0 aliphatic carbocycles. The second-order valence-corrected chi connectivity index (χ2v) is 10.1. The van der Waals surface area contributed by atoms with Crippen LogP contribution in [0.4, 0.5) is 5.69 Å². The van der Waals surface area contributed by atoms with Gasteiger partial charge >= 0.3 is 0 Å². The van der Waals surface area contributed by atoms with Crippen molar-refractivity contribution < 1.29 is 17.9 Å². The minimum absolute atomic E-state index is 0.171. The number of amides is 1. The lowest BCUT2D eigenvalue weighted by atomic mass is 10.1. The normalized spacial score (nSPS) is 14.5. The molecule has 1 heterocycles. The van der Waals surface area contributed by atoms with Crippen LogP contribution >= 0.6 is 0 Å². The number of benzene rings is 3. The molecule has 0 radical (unpaired) electrons. The summed E-state index contributed by atoms with van der Waals surface area (Å²) in [6.45, 7) is 6.61. The lowest BCUT2D eigenvalue weighted by Crippen LogP contribution is -2.35. The van der Waals surface area contributed by atoms with Crippen molar-refractivity contribution in [3.63, 3.8) is 0 Å². The zero-order valence-electron chi connectivity index (χ0n) is 19.2. The van der Waals surface area contributed by atoms with E-state index in [4.69, 9.17) is 4.74 Å². The first-order valence-corrected chi connectivity index (χ1v) is 12.7. The standard InChI is InChI=1S/C26H29N3O4S/c1-20-5-11-25(12-6-20)34(31,32)28-24-4-2-3-23(17-24)26(30)27-18-21-7-9-22(10-8-21)19-29-13-15-33-16-14-29/h2-12,17,28H,13-16,18-19H2,1H3,(H,27,30). The summed E-state index contributed by atoms with van der Waals surface area (Å²) in [6, 6.07) is 21.3. The summed E-state index contributed by atoms with van der Waals surface area (Å²) in [5, 5.41) is 2.90. The molecule has 0 saturated carbocycles. The second kappa shape index (κ2) is 10.8. The van der Waals surface area contributed by atoms with Crippen LogP contribution in [-0.2, 0) is 27.8 Å². The minimum atomic E-state index is -3.73. The summed E-state index contributed by atoms with van der Waals surface area (Å²) in [4.78, 5) is 15.2. The number of carbonyl (C=O) groups excluding carboxylic acids is 1. The van der Waals surface area contributed by atoms with Gasteiger partial charge in [0.2, 0.25) is 0 Å². The van der Waals surface area contributed by atoms with Crippen LogP contribution in [-0.4, -0.2) is 45.5 Å². The monoisotopic (exact) mass is 479 g/mol. The van der Waals surface area contributed by atoms with Gasteiger partial charge in [-0.25, -0.2) is 8.42 Å². The van der Waals surface area contributed by atoms with Crippen LogP contribution in [0.1, 0.15) is 27.0 Å². The highest BCUT2D eigenvalue weighted by Gasteiger charge is 2.15. The molecule has 0 aromatic heterocycles. The number of hydrogen-bond donors (Lipinski definition) is 2. The molecule has 7 nitrogen and oxygen atoms in total. The molecule has 4 rings (SSSR count). The van der Waals surface area contributed by atoms with Gasteiger partial charge in [0.15, 0.2) is 0 Å². The van der Waals surface area contributed by atoms with Crippen molar-refractivity contribution in [3.8, 4) is 0 Å². The highest BCUT2D eigenvalue weighted by molar-refractivity contribution is 7.92. The maximum Gasteiger partial charge on any atom is 0.261 e. The van der Waals surface area contributed by atoms with Gasteiger partial charge < -0.3 is 10.1 Å². The summed E-state index contributed by atoms with van der Waals surface area (Å²) < 4.78 is 33.2. The lowest BCUT2D eigenvalue weighted by molar-refractivity contribution is 0.0342. The number of nitrogens with zero attached hydrogens (tertiary/aromatic N) is 1. The molecular formula is C26H29N3O4S. The number of anilines is 1. The van der Waals surface area contributed by atoms with Gasteiger partial charge in [0.1, 0.15) is 0 Å². The van der Waals surface area contributed by atoms with E-state index in [1.807, 2.05) is 19.1 Å². The summed E-state index contributed by atoms with van der Waals surface area (Å²) in [7, 11) is -3.73. The summed E-state index contributed by atoms with van der Waals surface area (Å²) in [5.41, 5.74) is 3.92. The minimum Gasteiger partial charge on any atom is -0.379 e. The number of hydrogen-bond acceptors (Lipinski definition) is 5. The van der Waals surface area contributed by atoms with E-state index in [1.54, 1.807) is 42.5 Å². The fourth-order valence-electron chi connectivity index (χ4n) is 3.72. The number of carbonyl (C=O) groups is 1. The Bertz CT molecular complexity index is 1220. The van der Waals surface area contributed by atoms with E-state index in [1.165, 1.54) is 11.6 Å². The molecule has 178 valence electrons. The van der Waals surface area contributed by atoms with Gasteiger partial charge in [-0.3, -0.25) is 14.4 Å². The molecule has 1 amide bonds.